The highest BCUT2D eigenvalue weighted by Gasteiger charge is 2.09. The van der Waals surface area contributed by atoms with E-state index in [4.69, 9.17) is 4.74 Å². The van der Waals surface area contributed by atoms with Gasteiger partial charge in [0.15, 0.2) is 0 Å². The van der Waals surface area contributed by atoms with E-state index in [1.54, 1.807) is 56.5 Å². The minimum Gasteiger partial charge on any atom is -0.457 e. The molecule has 2 aromatic rings. The molecule has 0 bridgehead atoms. The van der Waals surface area contributed by atoms with E-state index in [0.717, 1.165) is 23.6 Å². The topological polar surface area (TPSA) is 79.8 Å². The summed E-state index contributed by atoms with van der Waals surface area (Å²) in [4.78, 5) is 27.5. The van der Waals surface area contributed by atoms with Crippen molar-refractivity contribution in [2.24, 2.45) is 4.99 Å². The first kappa shape index (κ1) is 38.0. The average molecular weight is 586 g/mol. The first-order chi connectivity index (χ1) is 20.5. The molecule has 2 N–H and O–H groups in total. The van der Waals surface area contributed by atoms with Crippen LogP contribution in [0.1, 0.15) is 59.1 Å². The smallest absolute Gasteiger partial charge is 0.255 e. The zero-order chi connectivity index (χ0) is 32.8. The molecule has 0 radical (unpaired) electrons. The Hall–Kier alpha value is -5.04. The summed E-state index contributed by atoms with van der Waals surface area (Å²) >= 11 is 0. The lowest BCUT2D eigenvalue weighted by molar-refractivity contribution is -0.116. The van der Waals surface area contributed by atoms with Gasteiger partial charge < -0.3 is 15.4 Å². The molecule has 2 aromatic carbocycles. The van der Waals surface area contributed by atoms with Crippen LogP contribution in [-0.2, 0) is 14.3 Å². The number of hydrogen-bond donors (Lipinski definition) is 2. The molecule has 0 heterocycles. The van der Waals surface area contributed by atoms with Gasteiger partial charge in [0.2, 0.25) is 0 Å². The maximum atomic E-state index is 13.0. The number of rotatable bonds is 12. The number of nitrogens with one attached hydrogen (secondary N) is 2. The molecule has 6 nitrogen and oxygen atoms in total. The molecule has 0 spiro atoms. The van der Waals surface area contributed by atoms with E-state index >= 15 is 0 Å². The van der Waals surface area contributed by atoms with Crippen molar-refractivity contribution >= 4 is 35.2 Å². The quantitative estimate of drug-likeness (QED) is 0.113. The van der Waals surface area contributed by atoms with Crippen LogP contribution in [0.4, 0.5) is 10.1 Å². The summed E-state index contributed by atoms with van der Waals surface area (Å²) in [6.45, 7) is 25.7. The van der Waals surface area contributed by atoms with E-state index < -0.39 is 11.7 Å². The Bertz CT molecular complexity index is 1370. The number of hydrogen-bond acceptors (Lipinski definition) is 4. The zero-order valence-electron chi connectivity index (χ0n) is 26.2. The van der Waals surface area contributed by atoms with Crippen molar-refractivity contribution in [2.45, 2.75) is 48.0 Å². The van der Waals surface area contributed by atoms with Gasteiger partial charge in [-0.25, -0.2) is 9.38 Å². The Kier molecular flexibility index (Phi) is 19.1. The van der Waals surface area contributed by atoms with Gasteiger partial charge in [-0.05, 0) is 63.6 Å². The van der Waals surface area contributed by atoms with Gasteiger partial charge in [-0.1, -0.05) is 89.6 Å². The van der Waals surface area contributed by atoms with Gasteiger partial charge in [-0.3, -0.25) is 9.59 Å². The van der Waals surface area contributed by atoms with Crippen molar-refractivity contribution < 1.29 is 18.7 Å². The number of carbonyl (C=O) groups excluding carboxylic acids is 2. The van der Waals surface area contributed by atoms with Crippen molar-refractivity contribution in [1.82, 2.24) is 5.32 Å². The third-order valence-electron chi connectivity index (χ3n) is 5.04. The maximum Gasteiger partial charge on any atom is 0.255 e. The van der Waals surface area contributed by atoms with Crippen LogP contribution in [0.5, 0.6) is 0 Å². The number of benzene rings is 2. The summed E-state index contributed by atoms with van der Waals surface area (Å²) in [5.41, 5.74) is 2.82. The van der Waals surface area contributed by atoms with Crippen LogP contribution in [0.15, 0.2) is 133 Å². The molecule has 2 rings (SSSR count). The maximum absolute atomic E-state index is 13.0. The summed E-state index contributed by atoms with van der Waals surface area (Å²) in [5, 5.41) is 5.34. The van der Waals surface area contributed by atoms with Crippen molar-refractivity contribution in [1.29, 1.82) is 0 Å². The molecule has 43 heavy (non-hydrogen) atoms. The van der Waals surface area contributed by atoms with Crippen LogP contribution >= 0.6 is 0 Å². The summed E-state index contributed by atoms with van der Waals surface area (Å²) in [7, 11) is 0. The monoisotopic (exact) mass is 585 g/mol. The lowest BCUT2D eigenvalue weighted by Gasteiger charge is -2.12. The normalized spacial score (nSPS) is 11.0. The Labute approximate surface area is 256 Å². The van der Waals surface area contributed by atoms with Crippen molar-refractivity contribution in [3.05, 3.63) is 139 Å². The van der Waals surface area contributed by atoms with E-state index in [-0.39, 0.29) is 11.5 Å². The fourth-order valence-corrected chi connectivity index (χ4v) is 2.96. The number of nitrogens with zero attached hydrogens (tertiary/aromatic N) is 1. The third-order valence-corrected chi connectivity index (χ3v) is 5.04. The van der Waals surface area contributed by atoms with E-state index in [1.165, 1.54) is 6.08 Å². The second-order valence-electron chi connectivity index (χ2n) is 8.52. The standard InChI is InChI=1S/C24H22FNO2.C10H16N2O.C2H6/c1-5-9-22(16-17(2)25)24(27)26-23-14-12-21(13-15-23)19(4)28-18(3)20-10-7-6-8-11-20;1-5-7-11-9(6-2)12-10(13)8(3)4;1-2/h5-16H,2-4H2,1H3,(H,26,27);6-7H,3,5H2,1-2,4H3,(H,12,13);1-2H3/b9-5-,22-16+;9-6+,11-7-;. The molecule has 0 atom stereocenters. The second kappa shape index (κ2) is 21.7. The fraction of sp³-hybridized carbons (Fsp3) is 0.194. The van der Waals surface area contributed by atoms with Gasteiger partial charge in [0.1, 0.15) is 23.2 Å². The molecule has 0 aliphatic heterocycles. The van der Waals surface area contributed by atoms with Crippen LogP contribution in [0.25, 0.3) is 11.5 Å². The first-order valence-electron chi connectivity index (χ1n) is 13.9. The van der Waals surface area contributed by atoms with Gasteiger partial charge in [0, 0.05) is 34.2 Å². The average Bonchev–Trinajstić information content (AvgIpc) is 3.00. The molecule has 228 valence electrons. The van der Waals surface area contributed by atoms with E-state index in [9.17, 15) is 14.0 Å². The molecule has 0 fully saturated rings. The number of allylic oxidation sites excluding steroid dienone is 4. The summed E-state index contributed by atoms with van der Waals surface area (Å²) < 4.78 is 18.7. The van der Waals surface area contributed by atoms with Crippen LogP contribution in [0.2, 0.25) is 0 Å². The zero-order valence-corrected chi connectivity index (χ0v) is 26.2. The number of halogens is 1. The van der Waals surface area contributed by atoms with Crippen molar-refractivity contribution in [3.63, 3.8) is 0 Å². The molecule has 0 saturated heterocycles. The van der Waals surface area contributed by atoms with Gasteiger partial charge >= 0.3 is 0 Å². The third kappa shape index (κ3) is 15.5. The number of anilines is 1. The molecular formula is C36H44FN3O3. The summed E-state index contributed by atoms with van der Waals surface area (Å²) in [6.07, 6.45) is 8.58. The largest absolute Gasteiger partial charge is 0.457 e. The molecule has 7 heteroatoms. The Morgan fingerprint density at radius 3 is 1.93 bits per heavy atom. The molecule has 0 unspecified atom stereocenters. The molecule has 0 aliphatic carbocycles. The van der Waals surface area contributed by atoms with Crippen LogP contribution in [0, 0.1) is 0 Å². The van der Waals surface area contributed by atoms with Crippen molar-refractivity contribution in [3.8, 4) is 0 Å². The molecular weight excluding hydrogens is 541 g/mol. The SMILES string of the molecule is C=C(C)C(=O)NC(=C/C)/N=C\CC.C=C(F)/C=C(\C=C/C)C(=O)Nc1ccc(C(=C)OC(=C)c2ccccc2)cc1.CC. The van der Waals surface area contributed by atoms with Crippen LogP contribution in [-0.4, -0.2) is 18.0 Å². The molecule has 0 aromatic heterocycles. The van der Waals surface area contributed by atoms with E-state index in [0.29, 0.717) is 28.6 Å². The Morgan fingerprint density at radius 1 is 0.907 bits per heavy atom. The molecule has 2 amide bonds. The highest BCUT2D eigenvalue weighted by Crippen LogP contribution is 2.24. The predicted molar refractivity (Wildman–Crippen MR) is 181 cm³/mol. The van der Waals surface area contributed by atoms with Crippen molar-refractivity contribution in [2.75, 3.05) is 5.32 Å². The predicted octanol–water partition coefficient (Wildman–Crippen LogP) is 9.32. The molecule has 0 aliphatic rings. The van der Waals surface area contributed by atoms with Gasteiger partial charge in [0.25, 0.3) is 11.8 Å². The minimum atomic E-state index is -0.689. The van der Waals surface area contributed by atoms with E-state index in [2.05, 4.69) is 41.9 Å². The highest BCUT2D eigenvalue weighted by molar-refractivity contribution is 6.06. The highest BCUT2D eigenvalue weighted by atomic mass is 19.1. The van der Waals surface area contributed by atoms with Gasteiger partial charge in [-0.2, -0.15) is 0 Å². The first-order valence-corrected chi connectivity index (χ1v) is 13.9. The lowest BCUT2D eigenvalue weighted by Crippen LogP contribution is -2.22. The fourth-order valence-electron chi connectivity index (χ4n) is 2.96. The summed E-state index contributed by atoms with van der Waals surface area (Å²) in [5.74, 6) is 0.185. The van der Waals surface area contributed by atoms with Crippen LogP contribution in [0.3, 0.4) is 0 Å². The lowest BCUT2D eigenvalue weighted by atomic mass is 10.1. The van der Waals surface area contributed by atoms with Crippen LogP contribution < -0.4 is 10.6 Å². The second-order valence-corrected chi connectivity index (χ2v) is 8.52. The number of carbonyl (C=O) groups is 2. The van der Waals surface area contributed by atoms with Gasteiger partial charge in [-0.15, -0.1) is 0 Å². The number of amides is 2. The van der Waals surface area contributed by atoms with Gasteiger partial charge in [0.05, 0.1) is 0 Å². The Morgan fingerprint density at radius 2 is 1.47 bits per heavy atom. The minimum absolute atomic E-state index is 0.172. The Balaban J connectivity index is 0.000000990. The molecule has 0 saturated carbocycles. The summed E-state index contributed by atoms with van der Waals surface area (Å²) in [6, 6.07) is 16.5. The number of ether oxygens (including phenoxy) is 1. The number of aliphatic imine (C=N–C) groups is 1. The van der Waals surface area contributed by atoms with E-state index in [1.807, 2.05) is 58.0 Å².